The second kappa shape index (κ2) is 7.70. The van der Waals surface area contributed by atoms with Gasteiger partial charge in [-0.1, -0.05) is 48.5 Å². The van der Waals surface area contributed by atoms with Crippen LogP contribution in [0.4, 0.5) is 0 Å². The molecule has 0 aliphatic heterocycles. The van der Waals surface area contributed by atoms with Gasteiger partial charge < -0.3 is 15.2 Å². The lowest BCUT2D eigenvalue weighted by molar-refractivity contribution is -0.124. The third-order valence-corrected chi connectivity index (χ3v) is 4.16. The molecular formula is C21H19NO4. The van der Waals surface area contributed by atoms with Gasteiger partial charge in [0.25, 0.3) is 5.91 Å². The van der Waals surface area contributed by atoms with E-state index in [1.807, 2.05) is 55.5 Å². The normalized spacial score (nSPS) is 10.5. The van der Waals surface area contributed by atoms with Crippen molar-refractivity contribution in [3.8, 4) is 5.75 Å². The van der Waals surface area contributed by atoms with Crippen LogP contribution in [-0.4, -0.2) is 23.6 Å². The van der Waals surface area contributed by atoms with Crippen molar-refractivity contribution in [1.29, 1.82) is 0 Å². The van der Waals surface area contributed by atoms with E-state index < -0.39 is 18.5 Å². The van der Waals surface area contributed by atoms with Crippen molar-refractivity contribution in [2.24, 2.45) is 0 Å². The molecule has 1 amide bonds. The Balaban J connectivity index is 1.59. The predicted molar refractivity (Wildman–Crippen MR) is 98.9 cm³/mol. The molecule has 3 aromatic rings. The molecule has 5 heteroatoms. The maximum atomic E-state index is 12.2. The van der Waals surface area contributed by atoms with Crippen LogP contribution in [0.3, 0.4) is 0 Å². The van der Waals surface area contributed by atoms with Crippen LogP contribution in [0.2, 0.25) is 0 Å². The number of amides is 1. The minimum absolute atomic E-state index is 0.0374. The number of aromatic hydroxyl groups is 1. The molecule has 0 aromatic heterocycles. The van der Waals surface area contributed by atoms with Crippen LogP contribution >= 0.6 is 0 Å². The lowest BCUT2D eigenvalue weighted by Crippen LogP contribution is -2.28. The van der Waals surface area contributed by atoms with Gasteiger partial charge in [-0.25, -0.2) is 4.79 Å². The van der Waals surface area contributed by atoms with Crippen LogP contribution in [0.1, 0.15) is 21.5 Å². The van der Waals surface area contributed by atoms with Crippen LogP contribution in [0, 0.1) is 6.92 Å². The molecule has 3 rings (SSSR count). The number of phenolic OH excluding ortho intramolecular Hbond substituents is 1. The summed E-state index contributed by atoms with van der Waals surface area (Å²) in [7, 11) is 0. The van der Waals surface area contributed by atoms with Gasteiger partial charge in [0.2, 0.25) is 0 Å². The van der Waals surface area contributed by atoms with Crippen molar-refractivity contribution in [3.05, 3.63) is 77.4 Å². The number of esters is 1. The van der Waals surface area contributed by atoms with Gasteiger partial charge in [0.15, 0.2) is 6.61 Å². The SMILES string of the molecule is Cc1ccccc1CNC(=O)COC(=O)c1cc2ccccc2cc1O. The first-order valence-corrected chi connectivity index (χ1v) is 8.24. The highest BCUT2D eigenvalue weighted by molar-refractivity contribution is 5.99. The lowest BCUT2D eigenvalue weighted by atomic mass is 10.1. The standard InChI is InChI=1S/C21H19NO4/c1-14-6-2-3-9-17(14)12-22-20(24)13-26-21(25)18-10-15-7-4-5-8-16(15)11-19(18)23/h2-11,23H,12-13H2,1H3,(H,22,24). The maximum Gasteiger partial charge on any atom is 0.342 e. The van der Waals surface area contributed by atoms with Gasteiger partial charge in [-0.05, 0) is 41.0 Å². The fourth-order valence-corrected chi connectivity index (χ4v) is 2.65. The number of rotatable bonds is 5. The Hall–Kier alpha value is -3.34. The Labute approximate surface area is 151 Å². The zero-order valence-electron chi connectivity index (χ0n) is 14.4. The summed E-state index contributed by atoms with van der Waals surface area (Å²) in [5.74, 6) is -1.31. The summed E-state index contributed by atoms with van der Waals surface area (Å²) in [6, 6.07) is 18.1. The third-order valence-electron chi connectivity index (χ3n) is 4.16. The molecule has 0 atom stereocenters. The number of phenols is 1. The van der Waals surface area contributed by atoms with Crippen LogP contribution in [0.15, 0.2) is 60.7 Å². The summed E-state index contributed by atoms with van der Waals surface area (Å²) in [6.07, 6.45) is 0. The first-order valence-electron chi connectivity index (χ1n) is 8.24. The zero-order chi connectivity index (χ0) is 18.5. The fraction of sp³-hybridized carbons (Fsp3) is 0.143. The van der Waals surface area contributed by atoms with Crippen molar-refractivity contribution >= 4 is 22.6 Å². The van der Waals surface area contributed by atoms with Crippen molar-refractivity contribution in [2.45, 2.75) is 13.5 Å². The van der Waals surface area contributed by atoms with E-state index in [0.717, 1.165) is 21.9 Å². The molecule has 0 saturated heterocycles. The van der Waals surface area contributed by atoms with Gasteiger partial charge in [0.05, 0.1) is 0 Å². The largest absolute Gasteiger partial charge is 0.507 e. The van der Waals surface area contributed by atoms with Crippen LogP contribution < -0.4 is 5.32 Å². The minimum atomic E-state index is -0.737. The number of benzene rings is 3. The highest BCUT2D eigenvalue weighted by Gasteiger charge is 2.15. The second-order valence-corrected chi connectivity index (χ2v) is 6.00. The summed E-state index contributed by atoms with van der Waals surface area (Å²) in [5, 5.41) is 14.4. The maximum absolute atomic E-state index is 12.2. The molecule has 2 N–H and O–H groups in total. The summed E-state index contributed by atoms with van der Waals surface area (Å²) in [5.41, 5.74) is 2.11. The lowest BCUT2D eigenvalue weighted by Gasteiger charge is -2.09. The first-order chi connectivity index (χ1) is 12.5. The average Bonchev–Trinajstić information content (AvgIpc) is 2.65. The van der Waals surface area contributed by atoms with Crippen molar-refractivity contribution in [2.75, 3.05) is 6.61 Å². The molecule has 0 saturated carbocycles. The number of carbonyl (C=O) groups excluding carboxylic acids is 2. The van der Waals surface area contributed by atoms with E-state index in [1.54, 1.807) is 6.07 Å². The molecule has 132 valence electrons. The van der Waals surface area contributed by atoms with Crippen LogP contribution in [0.5, 0.6) is 5.75 Å². The second-order valence-electron chi connectivity index (χ2n) is 6.00. The molecule has 0 bridgehead atoms. The summed E-state index contributed by atoms with van der Waals surface area (Å²) >= 11 is 0. The van der Waals surface area contributed by atoms with E-state index in [-0.39, 0.29) is 11.3 Å². The Morgan fingerprint density at radius 1 is 1.00 bits per heavy atom. The summed E-state index contributed by atoms with van der Waals surface area (Å²) < 4.78 is 5.03. The number of carbonyl (C=O) groups is 2. The first kappa shape index (κ1) is 17.5. The molecule has 3 aromatic carbocycles. The number of aryl methyl sites for hydroxylation is 1. The summed E-state index contributed by atoms with van der Waals surface area (Å²) in [4.78, 5) is 24.1. The Kier molecular flexibility index (Phi) is 5.17. The van der Waals surface area contributed by atoms with Crippen molar-refractivity contribution in [1.82, 2.24) is 5.32 Å². The number of hydrogen-bond donors (Lipinski definition) is 2. The molecule has 0 aliphatic carbocycles. The van der Waals surface area contributed by atoms with Gasteiger partial charge in [0, 0.05) is 6.54 Å². The molecule has 0 aliphatic rings. The van der Waals surface area contributed by atoms with Crippen molar-refractivity contribution < 1.29 is 19.4 Å². The van der Waals surface area contributed by atoms with E-state index in [1.165, 1.54) is 6.07 Å². The van der Waals surface area contributed by atoms with Gasteiger partial charge in [0.1, 0.15) is 11.3 Å². The molecule has 0 unspecified atom stereocenters. The quantitative estimate of drug-likeness (QED) is 0.693. The Morgan fingerprint density at radius 3 is 2.38 bits per heavy atom. The van der Waals surface area contributed by atoms with Gasteiger partial charge >= 0.3 is 5.97 Å². The predicted octanol–water partition coefficient (Wildman–Crippen LogP) is 3.33. The van der Waals surface area contributed by atoms with Crippen molar-refractivity contribution in [3.63, 3.8) is 0 Å². The summed E-state index contributed by atoms with van der Waals surface area (Å²) in [6.45, 7) is 1.92. The molecule has 0 heterocycles. The highest BCUT2D eigenvalue weighted by atomic mass is 16.5. The molecule has 26 heavy (non-hydrogen) atoms. The number of hydrogen-bond acceptors (Lipinski definition) is 4. The third kappa shape index (κ3) is 4.00. The van der Waals surface area contributed by atoms with E-state index in [9.17, 15) is 14.7 Å². The number of fused-ring (bicyclic) bond motifs is 1. The fourth-order valence-electron chi connectivity index (χ4n) is 2.65. The topological polar surface area (TPSA) is 75.6 Å². The van der Waals surface area contributed by atoms with Crippen LogP contribution in [0.25, 0.3) is 10.8 Å². The Morgan fingerprint density at radius 2 is 1.65 bits per heavy atom. The van der Waals surface area contributed by atoms with E-state index in [0.29, 0.717) is 6.54 Å². The smallest absolute Gasteiger partial charge is 0.342 e. The van der Waals surface area contributed by atoms with Crippen LogP contribution in [-0.2, 0) is 16.1 Å². The van der Waals surface area contributed by atoms with E-state index in [2.05, 4.69) is 5.32 Å². The number of ether oxygens (including phenoxy) is 1. The minimum Gasteiger partial charge on any atom is -0.507 e. The molecule has 5 nitrogen and oxygen atoms in total. The molecule has 0 fully saturated rings. The monoisotopic (exact) mass is 349 g/mol. The van der Waals surface area contributed by atoms with E-state index >= 15 is 0 Å². The van der Waals surface area contributed by atoms with Gasteiger partial charge in [-0.2, -0.15) is 0 Å². The molecule has 0 spiro atoms. The van der Waals surface area contributed by atoms with E-state index in [4.69, 9.17) is 4.74 Å². The van der Waals surface area contributed by atoms with Gasteiger partial charge in [-0.15, -0.1) is 0 Å². The number of nitrogens with one attached hydrogen (secondary N) is 1. The average molecular weight is 349 g/mol. The molecule has 0 radical (unpaired) electrons. The Bertz CT molecular complexity index is 965. The molecular weight excluding hydrogens is 330 g/mol. The highest BCUT2D eigenvalue weighted by Crippen LogP contribution is 2.25. The zero-order valence-corrected chi connectivity index (χ0v) is 14.4. The van der Waals surface area contributed by atoms with Gasteiger partial charge in [-0.3, -0.25) is 4.79 Å².